The average Bonchev–Trinajstić information content (AvgIpc) is 3.07. The summed E-state index contributed by atoms with van der Waals surface area (Å²) in [6.45, 7) is 11.9. The lowest BCUT2D eigenvalue weighted by molar-refractivity contribution is -0.132. The molecule has 0 unspecified atom stereocenters. The van der Waals surface area contributed by atoms with Crippen molar-refractivity contribution in [3.8, 4) is 16.9 Å². The normalized spacial score (nSPS) is 11.1. The molecule has 0 radical (unpaired) electrons. The molecule has 6 nitrogen and oxygen atoms in total. The van der Waals surface area contributed by atoms with Crippen LogP contribution < -0.4 is 10.3 Å². The van der Waals surface area contributed by atoms with Gasteiger partial charge in [-0.3, -0.25) is 14.2 Å². The second kappa shape index (κ2) is 10.1. The Hall–Kier alpha value is -2.67. The lowest BCUT2D eigenvalue weighted by atomic mass is 10.0. The molecule has 2 heterocycles. The lowest BCUT2D eigenvalue weighted by Crippen LogP contribution is -2.38. The lowest BCUT2D eigenvalue weighted by Gasteiger charge is -2.22. The second-order valence-electron chi connectivity index (χ2n) is 7.60. The number of hydrogen-bond acceptors (Lipinski definition) is 5. The molecule has 0 bridgehead atoms. The molecule has 0 saturated carbocycles. The fraction of sp³-hybridized carbons (Fsp3) is 0.458. The molecule has 0 N–H and O–H groups in total. The third-order valence-corrected chi connectivity index (χ3v) is 6.26. The van der Waals surface area contributed by atoms with Crippen LogP contribution in [0.15, 0.2) is 29.1 Å². The number of hydrogen-bond donors (Lipinski definition) is 0. The van der Waals surface area contributed by atoms with E-state index in [1.54, 1.807) is 6.92 Å². The first kappa shape index (κ1) is 23.0. The molecule has 7 heteroatoms. The van der Waals surface area contributed by atoms with Gasteiger partial charge in [0.25, 0.3) is 5.56 Å². The van der Waals surface area contributed by atoms with E-state index in [-0.39, 0.29) is 18.0 Å². The minimum atomic E-state index is -0.156. The summed E-state index contributed by atoms with van der Waals surface area (Å²) in [5.41, 5.74) is 1.68. The largest absolute Gasteiger partial charge is 0.494 e. The third-order valence-electron chi connectivity index (χ3n) is 5.27. The Bertz CT molecular complexity index is 1110. The van der Waals surface area contributed by atoms with Crippen LogP contribution in [-0.4, -0.2) is 40.1 Å². The van der Waals surface area contributed by atoms with Gasteiger partial charge < -0.3 is 9.64 Å². The number of carbonyl (C=O) groups excluding carboxylic acids is 1. The molecule has 2 aromatic heterocycles. The Morgan fingerprint density at radius 1 is 1.10 bits per heavy atom. The minimum Gasteiger partial charge on any atom is -0.494 e. The van der Waals surface area contributed by atoms with Gasteiger partial charge in [-0.25, -0.2) is 4.98 Å². The zero-order valence-electron chi connectivity index (χ0n) is 19.0. The van der Waals surface area contributed by atoms with Crippen molar-refractivity contribution in [2.45, 2.75) is 54.0 Å². The Labute approximate surface area is 187 Å². The minimum absolute atomic E-state index is 0.0191. The molecule has 3 aromatic rings. The van der Waals surface area contributed by atoms with E-state index in [1.165, 1.54) is 15.9 Å². The predicted molar refractivity (Wildman–Crippen MR) is 127 cm³/mol. The number of carbonyl (C=O) groups is 1. The maximum Gasteiger partial charge on any atom is 0.263 e. The molecule has 3 rings (SSSR count). The van der Waals surface area contributed by atoms with Crippen molar-refractivity contribution in [2.75, 3.05) is 19.7 Å². The zero-order chi connectivity index (χ0) is 22.5. The van der Waals surface area contributed by atoms with Gasteiger partial charge in [0.1, 0.15) is 22.9 Å². The fourth-order valence-electron chi connectivity index (χ4n) is 3.85. The first-order valence-corrected chi connectivity index (χ1v) is 11.7. The number of thiophene rings is 1. The van der Waals surface area contributed by atoms with E-state index in [4.69, 9.17) is 4.74 Å². The van der Waals surface area contributed by atoms with Crippen LogP contribution in [0.2, 0.25) is 0 Å². The van der Waals surface area contributed by atoms with Crippen molar-refractivity contribution in [1.82, 2.24) is 14.5 Å². The van der Waals surface area contributed by atoms with E-state index in [0.717, 1.165) is 34.6 Å². The topological polar surface area (TPSA) is 64.4 Å². The number of benzene rings is 1. The molecule has 0 saturated heterocycles. The van der Waals surface area contributed by atoms with Gasteiger partial charge in [-0.2, -0.15) is 0 Å². The first-order valence-electron chi connectivity index (χ1n) is 10.9. The van der Waals surface area contributed by atoms with E-state index in [0.29, 0.717) is 35.7 Å². The molecule has 1 amide bonds. The van der Waals surface area contributed by atoms with Crippen molar-refractivity contribution >= 4 is 27.5 Å². The summed E-state index contributed by atoms with van der Waals surface area (Å²) in [7, 11) is 0. The first-order chi connectivity index (χ1) is 14.9. The summed E-state index contributed by atoms with van der Waals surface area (Å²) in [5.74, 6) is 1.33. The highest BCUT2D eigenvalue weighted by atomic mass is 32.1. The molecule has 166 valence electrons. The van der Waals surface area contributed by atoms with E-state index in [9.17, 15) is 9.59 Å². The number of ether oxygens (including phenoxy) is 1. The average molecular weight is 442 g/mol. The molecular weight excluding hydrogens is 410 g/mol. The van der Waals surface area contributed by atoms with E-state index in [2.05, 4.69) is 18.8 Å². The number of aryl methyl sites for hydroxylation is 2. The number of nitrogens with zero attached hydrogens (tertiary/aromatic N) is 3. The molecular formula is C24H31N3O3S. The Balaban J connectivity index is 2.06. The number of rotatable bonds is 9. The fourth-order valence-corrected chi connectivity index (χ4v) is 4.93. The molecule has 0 spiro atoms. The Kier molecular flexibility index (Phi) is 7.49. The number of fused-ring (bicyclic) bond motifs is 1. The second-order valence-corrected chi connectivity index (χ2v) is 8.81. The molecule has 1 aromatic carbocycles. The summed E-state index contributed by atoms with van der Waals surface area (Å²) < 4.78 is 7.06. The van der Waals surface area contributed by atoms with E-state index >= 15 is 0 Å². The van der Waals surface area contributed by atoms with Crippen LogP contribution in [0.1, 0.15) is 44.3 Å². The molecule has 0 fully saturated rings. The van der Waals surface area contributed by atoms with E-state index < -0.39 is 0 Å². The van der Waals surface area contributed by atoms with Crippen molar-refractivity contribution < 1.29 is 9.53 Å². The predicted octanol–water partition coefficient (Wildman–Crippen LogP) is 4.79. The maximum absolute atomic E-state index is 13.5. The molecule has 0 aliphatic rings. The molecule has 31 heavy (non-hydrogen) atoms. The number of aromatic nitrogens is 2. The van der Waals surface area contributed by atoms with Crippen LogP contribution in [0.25, 0.3) is 21.3 Å². The highest BCUT2D eigenvalue weighted by molar-refractivity contribution is 7.19. The van der Waals surface area contributed by atoms with E-state index in [1.807, 2.05) is 43.0 Å². The van der Waals surface area contributed by atoms with Crippen molar-refractivity contribution in [1.29, 1.82) is 0 Å². The van der Waals surface area contributed by atoms with Gasteiger partial charge in [0, 0.05) is 23.5 Å². The van der Waals surface area contributed by atoms with Gasteiger partial charge in [0.15, 0.2) is 0 Å². The van der Waals surface area contributed by atoms with Gasteiger partial charge in [0.05, 0.1) is 12.0 Å². The molecule has 0 aliphatic carbocycles. The maximum atomic E-state index is 13.5. The zero-order valence-corrected chi connectivity index (χ0v) is 19.8. The highest BCUT2D eigenvalue weighted by Crippen LogP contribution is 2.36. The van der Waals surface area contributed by atoms with Crippen molar-refractivity contribution in [3.63, 3.8) is 0 Å². The van der Waals surface area contributed by atoms with Crippen molar-refractivity contribution in [2.24, 2.45) is 0 Å². The summed E-state index contributed by atoms with van der Waals surface area (Å²) >= 11 is 1.52. The SMILES string of the molecule is CCCN(CCC)C(=O)Cn1c(C)nc2sc(C)c(-c3ccc(OCC)cc3)c2c1=O. The van der Waals surface area contributed by atoms with Crippen LogP contribution in [0, 0.1) is 13.8 Å². The summed E-state index contributed by atoms with van der Waals surface area (Å²) in [5, 5.41) is 0.586. The van der Waals surface area contributed by atoms with Gasteiger partial charge in [-0.15, -0.1) is 11.3 Å². The summed E-state index contributed by atoms with van der Waals surface area (Å²) in [6, 6.07) is 7.77. The standard InChI is InChI=1S/C24H31N3O3S/c1-6-13-26(14-7-2)20(28)15-27-17(5)25-23-22(24(27)29)21(16(4)31-23)18-9-11-19(12-10-18)30-8-3/h9-12H,6-8,13-15H2,1-5H3. The van der Waals surface area contributed by atoms with Gasteiger partial charge >= 0.3 is 0 Å². The molecule has 0 aliphatic heterocycles. The van der Waals surface area contributed by atoms with Gasteiger partial charge in [-0.1, -0.05) is 26.0 Å². The summed E-state index contributed by atoms with van der Waals surface area (Å²) in [6.07, 6.45) is 1.78. The molecule has 0 atom stereocenters. The van der Waals surface area contributed by atoms with Crippen LogP contribution in [0.5, 0.6) is 5.75 Å². The Morgan fingerprint density at radius 2 is 1.74 bits per heavy atom. The Morgan fingerprint density at radius 3 is 2.32 bits per heavy atom. The number of amides is 1. The van der Waals surface area contributed by atoms with Crippen LogP contribution >= 0.6 is 11.3 Å². The van der Waals surface area contributed by atoms with Crippen LogP contribution in [0.3, 0.4) is 0 Å². The van der Waals surface area contributed by atoms with Crippen LogP contribution in [0.4, 0.5) is 0 Å². The van der Waals surface area contributed by atoms with Crippen molar-refractivity contribution in [3.05, 3.63) is 45.3 Å². The third kappa shape index (κ3) is 4.82. The quantitative estimate of drug-likeness (QED) is 0.479. The summed E-state index contributed by atoms with van der Waals surface area (Å²) in [4.78, 5) is 34.7. The highest BCUT2D eigenvalue weighted by Gasteiger charge is 2.21. The van der Waals surface area contributed by atoms with Crippen LogP contribution in [-0.2, 0) is 11.3 Å². The van der Waals surface area contributed by atoms with Gasteiger partial charge in [0.2, 0.25) is 5.91 Å². The monoisotopic (exact) mass is 441 g/mol. The smallest absolute Gasteiger partial charge is 0.263 e. The van der Waals surface area contributed by atoms with Gasteiger partial charge in [-0.05, 0) is 51.3 Å².